The number of anilines is 2. The van der Waals surface area contributed by atoms with Crippen molar-refractivity contribution in [2.45, 2.75) is 19.8 Å². The predicted octanol–water partition coefficient (Wildman–Crippen LogP) is 3.17. The number of nitrogens with zero attached hydrogens (tertiary/aromatic N) is 1. The Hall–Kier alpha value is -2.29. The topological polar surface area (TPSA) is 46.3 Å². The van der Waals surface area contributed by atoms with Crippen LogP contribution in [0, 0.1) is 6.92 Å². The average Bonchev–Trinajstić information content (AvgIpc) is 2.46. The van der Waals surface area contributed by atoms with E-state index in [1.165, 1.54) is 11.1 Å². The summed E-state index contributed by atoms with van der Waals surface area (Å²) in [6.45, 7) is 2.07. The molecule has 0 spiro atoms. The summed E-state index contributed by atoms with van der Waals surface area (Å²) in [6, 6.07) is 15.6. The maximum absolute atomic E-state index is 12.3. The molecule has 20 heavy (non-hydrogen) atoms. The van der Waals surface area contributed by atoms with Crippen LogP contribution in [0.25, 0.3) is 0 Å². The smallest absolute Gasteiger partial charge is 0.227 e. The lowest BCUT2D eigenvalue weighted by molar-refractivity contribution is -0.118. The van der Waals surface area contributed by atoms with Gasteiger partial charge in [-0.05, 0) is 36.6 Å². The number of nitrogens with two attached hydrogens (primary N) is 1. The Morgan fingerprint density at radius 3 is 2.45 bits per heavy atom. The SMILES string of the molecule is Cc1ccccc1CCC(=O)N(C)c1ccccc1N. The third-order valence-electron chi connectivity index (χ3n) is 3.54. The average molecular weight is 268 g/mol. The molecule has 2 N–H and O–H groups in total. The van der Waals surface area contributed by atoms with Crippen molar-refractivity contribution in [3.8, 4) is 0 Å². The molecular weight excluding hydrogens is 248 g/mol. The van der Waals surface area contributed by atoms with Crippen molar-refractivity contribution in [2.75, 3.05) is 17.7 Å². The Balaban J connectivity index is 2.02. The number of amides is 1. The van der Waals surface area contributed by atoms with Gasteiger partial charge in [-0.25, -0.2) is 0 Å². The summed E-state index contributed by atoms with van der Waals surface area (Å²) >= 11 is 0. The molecule has 0 fully saturated rings. The highest BCUT2D eigenvalue weighted by Crippen LogP contribution is 2.22. The molecule has 0 aliphatic heterocycles. The Morgan fingerprint density at radius 2 is 1.75 bits per heavy atom. The molecule has 0 aliphatic rings. The van der Waals surface area contributed by atoms with E-state index in [0.717, 1.165) is 12.1 Å². The van der Waals surface area contributed by atoms with Crippen LogP contribution in [0.1, 0.15) is 17.5 Å². The van der Waals surface area contributed by atoms with Crippen molar-refractivity contribution in [1.82, 2.24) is 0 Å². The van der Waals surface area contributed by atoms with E-state index in [1.54, 1.807) is 18.0 Å². The Bertz CT molecular complexity index is 607. The monoisotopic (exact) mass is 268 g/mol. The molecule has 2 aromatic rings. The lowest BCUT2D eigenvalue weighted by Crippen LogP contribution is -2.27. The fourth-order valence-corrected chi connectivity index (χ4v) is 2.23. The minimum Gasteiger partial charge on any atom is -0.397 e. The molecule has 0 saturated carbocycles. The summed E-state index contributed by atoms with van der Waals surface area (Å²) in [5, 5.41) is 0. The molecule has 0 unspecified atom stereocenters. The van der Waals surface area contributed by atoms with E-state index in [4.69, 9.17) is 5.73 Å². The summed E-state index contributed by atoms with van der Waals surface area (Å²) in [5.74, 6) is 0.0751. The molecule has 0 bridgehead atoms. The van der Waals surface area contributed by atoms with Crippen LogP contribution in [0.5, 0.6) is 0 Å². The van der Waals surface area contributed by atoms with Crippen molar-refractivity contribution in [1.29, 1.82) is 0 Å². The zero-order chi connectivity index (χ0) is 14.5. The van der Waals surface area contributed by atoms with Crippen molar-refractivity contribution >= 4 is 17.3 Å². The predicted molar refractivity (Wildman–Crippen MR) is 83.8 cm³/mol. The fraction of sp³-hybridized carbons (Fsp3) is 0.235. The minimum atomic E-state index is 0.0751. The molecule has 0 saturated heterocycles. The lowest BCUT2D eigenvalue weighted by Gasteiger charge is -2.19. The first kappa shape index (κ1) is 14.1. The van der Waals surface area contributed by atoms with Crippen molar-refractivity contribution in [2.24, 2.45) is 0 Å². The molecule has 2 rings (SSSR count). The molecule has 0 radical (unpaired) electrons. The molecule has 0 aliphatic carbocycles. The third-order valence-corrected chi connectivity index (χ3v) is 3.54. The summed E-state index contributed by atoms with van der Waals surface area (Å²) < 4.78 is 0. The number of carbonyl (C=O) groups is 1. The lowest BCUT2D eigenvalue weighted by atomic mass is 10.0. The maximum Gasteiger partial charge on any atom is 0.227 e. The van der Waals surface area contributed by atoms with Crippen LogP contribution in [0.3, 0.4) is 0 Å². The first-order valence-electron chi connectivity index (χ1n) is 6.75. The molecule has 0 aromatic heterocycles. The summed E-state index contributed by atoms with van der Waals surface area (Å²) in [4.78, 5) is 13.9. The highest BCUT2D eigenvalue weighted by molar-refractivity contribution is 5.95. The first-order valence-corrected chi connectivity index (χ1v) is 6.75. The number of para-hydroxylation sites is 2. The molecular formula is C17H20N2O. The van der Waals surface area contributed by atoms with Crippen LogP contribution < -0.4 is 10.6 Å². The van der Waals surface area contributed by atoms with Crippen molar-refractivity contribution < 1.29 is 4.79 Å². The summed E-state index contributed by atoms with van der Waals surface area (Å²) in [5.41, 5.74) is 9.73. The minimum absolute atomic E-state index is 0.0751. The number of carbonyl (C=O) groups excluding carboxylic acids is 1. The number of benzene rings is 2. The van der Waals surface area contributed by atoms with Gasteiger partial charge in [0.2, 0.25) is 5.91 Å². The van der Waals surface area contributed by atoms with E-state index in [1.807, 2.05) is 30.3 Å². The standard InChI is InChI=1S/C17H20N2O/c1-13-7-3-4-8-14(13)11-12-17(20)19(2)16-10-6-5-9-15(16)18/h3-10H,11-12,18H2,1-2H3. The first-order chi connectivity index (χ1) is 9.59. The Kier molecular flexibility index (Phi) is 4.41. The van der Waals surface area contributed by atoms with Gasteiger partial charge in [0.05, 0.1) is 11.4 Å². The van der Waals surface area contributed by atoms with Gasteiger partial charge >= 0.3 is 0 Å². The molecule has 104 valence electrons. The summed E-state index contributed by atoms with van der Waals surface area (Å²) in [6.07, 6.45) is 1.23. The highest BCUT2D eigenvalue weighted by Gasteiger charge is 2.13. The molecule has 0 atom stereocenters. The van der Waals surface area contributed by atoms with Crippen LogP contribution in [0.15, 0.2) is 48.5 Å². The number of hydrogen-bond acceptors (Lipinski definition) is 2. The number of hydrogen-bond donors (Lipinski definition) is 1. The third kappa shape index (κ3) is 3.18. The van der Waals surface area contributed by atoms with Gasteiger partial charge in [0.25, 0.3) is 0 Å². The van der Waals surface area contributed by atoms with Crippen LogP contribution >= 0.6 is 0 Å². The van der Waals surface area contributed by atoms with Crippen LogP contribution in [-0.4, -0.2) is 13.0 Å². The number of rotatable bonds is 4. The normalized spacial score (nSPS) is 10.3. The van der Waals surface area contributed by atoms with Crippen LogP contribution in [0.4, 0.5) is 11.4 Å². The van der Waals surface area contributed by atoms with E-state index in [-0.39, 0.29) is 5.91 Å². The Labute approximate surface area is 120 Å². The summed E-state index contributed by atoms with van der Waals surface area (Å²) in [7, 11) is 1.77. The second kappa shape index (κ2) is 6.24. The highest BCUT2D eigenvalue weighted by atomic mass is 16.2. The second-order valence-corrected chi connectivity index (χ2v) is 4.94. The zero-order valence-electron chi connectivity index (χ0n) is 12.0. The van der Waals surface area contributed by atoms with Crippen LogP contribution in [-0.2, 0) is 11.2 Å². The van der Waals surface area contributed by atoms with Gasteiger partial charge in [-0.3, -0.25) is 4.79 Å². The van der Waals surface area contributed by atoms with E-state index >= 15 is 0 Å². The zero-order valence-corrected chi connectivity index (χ0v) is 12.0. The largest absolute Gasteiger partial charge is 0.397 e. The van der Waals surface area contributed by atoms with Gasteiger partial charge in [0.1, 0.15) is 0 Å². The fourth-order valence-electron chi connectivity index (χ4n) is 2.23. The van der Waals surface area contributed by atoms with E-state index in [9.17, 15) is 4.79 Å². The molecule has 1 amide bonds. The number of aryl methyl sites for hydroxylation is 2. The van der Waals surface area contributed by atoms with Crippen molar-refractivity contribution in [3.63, 3.8) is 0 Å². The second-order valence-electron chi connectivity index (χ2n) is 4.94. The van der Waals surface area contributed by atoms with E-state index < -0.39 is 0 Å². The van der Waals surface area contributed by atoms with Gasteiger partial charge in [-0.2, -0.15) is 0 Å². The molecule has 3 heteroatoms. The van der Waals surface area contributed by atoms with Crippen molar-refractivity contribution in [3.05, 3.63) is 59.7 Å². The van der Waals surface area contributed by atoms with E-state index in [0.29, 0.717) is 12.1 Å². The maximum atomic E-state index is 12.3. The van der Waals surface area contributed by atoms with Gasteiger partial charge in [0, 0.05) is 13.5 Å². The van der Waals surface area contributed by atoms with Crippen LogP contribution in [0.2, 0.25) is 0 Å². The Morgan fingerprint density at radius 1 is 1.10 bits per heavy atom. The molecule has 3 nitrogen and oxygen atoms in total. The van der Waals surface area contributed by atoms with Gasteiger partial charge in [-0.1, -0.05) is 36.4 Å². The quantitative estimate of drug-likeness (QED) is 0.866. The van der Waals surface area contributed by atoms with Gasteiger partial charge in [-0.15, -0.1) is 0 Å². The number of nitrogen functional groups attached to an aromatic ring is 1. The van der Waals surface area contributed by atoms with Gasteiger partial charge in [0.15, 0.2) is 0 Å². The van der Waals surface area contributed by atoms with Gasteiger partial charge < -0.3 is 10.6 Å². The van der Waals surface area contributed by atoms with E-state index in [2.05, 4.69) is 19.1 Å². The molecule has 2 aromatic carbocycles. The molecule has 0 heterocycles.